The third-order valence-corrected chi connectivity index (χ3v) is 2.74. The Morgan fingerprint density at radius 1 is 1.35 bits per heavy atom. The van der Waals surface area contributed by atoms with E-state index >= 15 is 0 Å². The number of hydrogen-bond donors (Lipinski definition) is 0. The molecule has 5 nitrogen and oxygen atoms in total. The van der Waals surface area contributed by atoms with Gasteiger partial charge in [-0.2, -0.15) is 0 Å². The molecule has 0 unspecified atom stereocenters. The van der Waals surface area contributed by atoms with Crippen LogP contribution in [-0.4, -0.2) is 20.8 Å². The van der Waals surface area contributed by atoms with E-state index in [0.717, 1.165) is 10.0 Å². The molecule has 90 valence electrons. The van der Waals surface area contributed by atoms with Crippen LogP contribution in [0.25, 0.3) is 16.5 Å². The SMILES string of the molecule is COc1cc(Br)c(C=CCN=[N+]=[N-])cc1OC. The molecule has 0 atom stereocenters. The number of methoxy groups -OCH3 is 2. The quantitative estimate of drug-likeness (QED) is 0.471. The zero-order valence-corrected chi connectivity index (χ0v) is 11.1. The van der Waals surface area contributed by atoms with E-state index in [1.54, 1.807) is 20.3 Å². The number of nitrogens with zero attached hydrogens (tertiary/aromatic N) is 3. The van der Waals surface area contributed by atoms with E-state index in [1.165, 1.54) is 0 Å². The Morgan fingerprint density at radius 3 is 2.59 bits per heavy atom. The Labute approximate surface area is 108 Å². The van der Waals surface area contributed by atoms with Crippen molar-refractivity contribution < 1.29 is 9.47 Å². The van der Waals surface area contributed by atoms with Gasteiger partial charge >= 0.3 is 0 Å². The van der Waals surface area contributed by atoms with Crippen LogP contribution < -0.4 is 9.47 Å². The molecule has 0 fully saturated rings. The molecule has 1 rings (SSSR count). The zero-order valence-electron chi connectivity index (χ0n) is 9.55. The van der Waals surface area contributed by atoms with Crippen molar-refractivity contribution in [3.63, 3.8) is 0 Å². The highest BCUT2D eigenvalue weighted by atomic mass is 79.9. The number of hydrogen-bond acceptors (Lipinski definition) is 3. The Hall–Kier alpha value is -1.65. The third-order valence-electron chi connectivity index (χ3n) is 2.05. The minimum atomic E-state index is 0.317. The molecule has 0 heterocycles. The highest BCUT2D eigenvalue weighted by Crippen LogP contribution is 2.33. The highest BCUT2D eigenvalue weighted by molar-refractivity contribution is 9.10. The number of halogens is 1. The molecule has 0 saturated carbocycles. The predicted molar refractivity (Wildman–Crippen MR) is 70.3 cm³/mol. The van der Waals surface area contributed by atoms with Crippen molar-refractivity contribution in [3.05, 3.63) is 38.7 Å². The van der Waals surface area contributed by atoms with Crippen molar-refractivity contribution in [2.45, 2.75) is 0 Å². The largest absolute Gasteiger partial charge is 0.493 e. The first-order valence-corrected chi connectivity index (χ1v) is 5.61. The minimum absolute atomic E-state index is 0.317. The zero-order chi connectivity index (χ0) is 12.7. The van der Waals surface area contributed by atoms with Crippen LogP contribution >= 0.6 is 15.9 Å². The molecule has 0 saturated heterocycles. The van der Waals surface area contributed by atoms with Crippen molar-refractivity contribution in [1.29, 1.82) is 0 Å². The molecular formula is C11H12BrN3O2. The van der Waals surface area contributed by atoms with Gasteiger partial charge < -0.3 is 9.47 Å². The molecular weight excluding hydrogens is 286 g/mol. The van der Waals surface area contributed by atoms with Crippen molar-refractivity contribution >= 4 is 22.0 Å². The smallest absolute Gasteiger partial charge is 0.161 e. The van der Waals surface area contributed by atoms with E-state index in [1.807, 2.05) is 18.2 Å². The minimum Gasteiger partial charge on any atom is -0.493 e. The molecule has 0 bridgehead atoms. The summed E-state index contributed by atoms with van der Waals surface area (Å²) in [7, 11) is 3.17. The van der Waals surface area contributed by atoms with Gasteiger partial charge in [0.15, 0.2) is 11.5 Å². The monoisotopic (exact) mass is 297 g/mol. The summed E-state index contributed by atoms with van der Waals surface area (Å²) in [6.45, 7) is 0.317. The second-order valence-corrected chi connectivity index (χ2v) is 3.90. The van der Waals surface area contributed by atoms with E-state index in [9.17, 15) is 0 Å². The number of ether oxygens (including phenoxy) is 2. The lowest BCUT2D eigenvalue weighted by molar-refractivity contribution is 0.354. The van der Waals surface area contributed by atoms with Crippen molar-refractivity contribution in [2.24, 2.45) is 5.11 Å². The van der Waals surface area contributed by atoms with Gasteiger partial charge in [0.25, 0.3) is 0 Å². The first kappa shape index (κ1) is 13.4. The molecule has 0 amide bonds. The van der Waals surface area contributed by atoms with Crippen LogP contribution in [-0.2, 0) is 0 Å². The second kappa shape index (κ2) is 6.83. The van der Waals surface area contributed by atoms with Gasteiger partial charge in [-0.05, 0) is 23.2 Å². The third kappa shape index (κ3) is 3.69. The maximum Gasteiger partial charge on any atom is 0.161 e. The summed E-state index contributed by atoms with van der Waals surface area (Å²) in [5, 5.41) is 3.42. The van der Waals surface area contributed by atoms with E-state index in [4.69, 9.17) is 15.0 Å². The maximum atomic E-state index is 8.15. The molecule has 17 heavy (non-hydrogen) atoms. The Bertz CT molecular complexity index is 468. The number of rotatable bonds is 5. The summed E-state index contributed by atoms with van der Waals surface area (Å²) in [4.78, 5) is 2.67. The van der Waals surface area contributed by atoms with Crippen molar-refractivity contribution in [2.75, 3.05) is 20.8 Å². The number of benzene rings is 1. The van der Waals surface area contributed by atoms with E-state index < -0.39 is 0 Å². The predicted octanol–water partition coefficient (Wildman–Crippen LogP) is 3.79. The number of azide groups is 1. The van der Waals surface area contributed by atoms with Crippen LogP contribution in [0.2, 0.25) is 0 Å². The second-order valence-electron chi connectivity index (χ2n) is 3.04. The van der Waals surface area contributed by atoms with Gasteiger partial charge in [0, 0.05) is 15.9 Å². The Kier molecular flexibility index (Phi) is 5.39. The lowest BCUT2D eigenvalue weighted by Crippen LogP contribution is -1.91. The first-order valence-electron chi connectivity index (χ1n) is 4.81. The normalized spacial score (nSPS) is 10.1. The van der Waals surface area contributed by atoms with E-state index in [0.29, 0.717) is 18.0 Å². The van der Waals surface area contributed by atoms with Crippen molar-refractivity contribution in [1.82, 2.24) is 0 Å². The van der Waals surface area contributed by atoms with E-state index in [-0.39, 0.29) is 0 Å². The maximum absolute atomic E-state index is 8.15. The molecule has 1 aromatic rings. The Balaban J connectivity index is 3.00. The molecule has 1 aromatic carbocycles. The molecule has 0 aliphatic carbocycles. The molecule has 0 aromatic heterocycles. The van der Waals surface area contributed by atoms with Gasteiger partial charge in [0.05, 0.1) is 14.2 Å². The average molecular weight is 298 g/mol. The van der Waals surface area contributed by atoms with Gasteiger partial charge in [-0.3, -0.25) is 0 Å². The summed E-state index contributed by atoms with van der Waals surface area (Å²) in [5.74, 6) is 1.31. The average Bonchev–Trinajstić information content (AvgIpc) is 2.35. The van der Waals surface area contributed by atoms with Crippen LogP contribution in [0.4, 0.5) is 0 Å². The fourth-order valence-corrected chi connectivity index (χ4v) is 1.72. The summed E-state index contributed by atoms with van der Waals surface area (Å²) < 4.78 is 11.2. The van der Waals surface area contributed by atoms with Gasteiger partial charge in [-0.1, -0.05) is 33.2 Å². The molecule has 0 aliphatic rings. The summed E-state index contributed by atoms with van der Waals surface area (Å²) in [5.41, 5.74) is 9.07. The molecule has 0 aliphatic heterocycles. The standard InChI is InChI=1S/C11H12BrN3O2/c1-16-10-6-8(4-3-5-14-15-13)9(12)7-11(10)17-2/h3-4,6-7H,5H2,1-2H3. The molecule has 0 N–H and O–H groups in total. The highest BCUT2D eigenvalue weighted by Gasteiger charge is 2.07. The topological polar surface area (TPSA) is 67.2 Å². The van der Waals surface area contributed by atoms with Crippen molar-refractivity contribution in [3.8, 4) is 11.5 Å². The van der Waals surface area contributed by atoms with Crippen LogP contribution in [0.15, 0.2) is 27.8 Å². The van der Waals surface area contributed by atoms with Crippen LogP contribution in [0.1, 0.15) is 5.56 Å². The lowest BCUT2D eigenvalue weighted by Gasteiger charge is -2.09. The Morgan fingerprint density at radius 2 is 2.00 bits per heavy atom. The van der Waals surface area contributed by atoms with E-state index in [2.05, 4.69) is 26.0 Å². The van der Waals surface area contributed by atoms with Gasteiger partial charge in [0.1, 0.15) is 0 Å². The lowest BCUT2D eigenvalue weighted by atomic mass is 10.2. The molecule has 0 spiro atoms. The summed E-state index contributed by atoms with van der Waals surface area (Å²) in [6, 6.07) is 3.67. The van der Waals surface area contributed by atoms with Gasteiger partial charge in [-0.15, -0.1) is 0 Å². The fourth-order valence-electron chi connectivity index (χ4n) is 1.26. The van der Waals surface area contributed by atoms with Gasteiger partial charge in [0.2, 0.25) is 0 Å². The van der Waals surface area contributed by atoms with Gasteiger partial charge in [-0.25, -0.2) is 0 Å². The fraction of sp³-hybridized carbons (Fsp3) is 0.273. The van der Waals surface area contributed by atoms with Crippen LogP contribution in [0.5, 0.6) is 11.5 Å². The summed E-state index contributed by atoms with van der Waals surface area (Å²) >= 11 is 3.43. The van der Waals surface area contributed by atoms with Crippen LogP contribution in [0.3, 0.4) is 0 Å². The first-order chi connectivity index (χ1) is 8.22. The molecule has 0 radical (unpaired) electrons. The summed E-state index contributed by atoms with van der Waals surface area (Å²) in [6.07, 6.45) is 3.62. The molecule has 6 heteroatoms. The van der Waals surface area contributed by atoms with Crippen LogP contribution in [0, 0.1) is 0 Å².